The van der Waals surface area contributed by atoms with Gasteiger partial charge in [0.1, 0.15) is 43.1 Å². The van der Waals surface area contributed by atoms with E-state index in [9.17, 15) is 10.4 Å². The number of nitriles is 1. The standard InChI is InChI=1S/C41H45ClN6O6/c1-27-31(7-4-8-34(27)35-9-5-10-37(28(35)2)51-14-6-12-48-13-11-33(49)23-48)25-53-39-17-38(52-24-30-15-29(18-43)19-44-20-30)32(16-36(39)42)21-45-22-41-46-40(26-50-3)47-54-41/h4-5,7-10,15-17,19-20,33,45,49H,6,11-14,21-26H2,1-3H3. The summed E-state index contributed by atoms with van der Waals surface area (Å²) in [5.41, 5.74) is 7.39. The van der Waals surface area contributed by atoms with E-state index in [2.05, 4.69) is 63.5 Å². The average Bonchev–Trinajstić information content (AvgIpc) is 3.82. The second kappa shape index (κ2) is 18.8. The molecule has 12 nitrogen and oxygen atoms in total. The molecule has 1 saturated heterocycles. The number of aliphatic hydroxyl groups is 1. The van der Waals surface area contributed by atoms with E-state index in [0.717, 1.165) is 77.2 Å². The molecule has 1 unspecified atom stereocenters. The summed E-state index contributed by atoms with van der Waals surface area (Å²) in [6, 6.07) is 19.8. The van der Waals surface area contributed by atoms with Crippen molar-refractivity contribution in [2.24, 2.45) is 0 Å². The maximum atomic E-state index is 9.80. The minimum absolute atomic E-state index is 0.187. The molecule has 3 aromatic carbocycles. The van der Waals surface area contributed by atoms with Gasteiger partial charge in [-0.1, -0.05) is 47.1 Å². The predicted octanol–water partition coefficient (Wildman–Crippen LogP) is 6.70. The van der Waals surface area contributed by atoms with Gasteiger partial charge in [0.2, 0.25) is 5.89 Å². The maximum absolute atomic E-state index is 9.80. The molecular weight excluding hydrogens is 708 g/mol. The molecule has 3 heterocycles. The Morgan fingerprint density at radius 1 is 0.944 bits per heavy atom. The van der Waals surface area contributed by atoms with Gasteiger partial charge in [0.25, 0.3) is 0 Å². The third-order valence-electron chi connectivity index (χ3n) is 9.34. The molecule has 6 rings (SSSR count). The van der Waals surface area contributed by atoms with Crippen molar-refractivity contribution in [3.05, 3.63) is 117 Å². The molecule has 0 saturated carbocycles. The minimum atomic E-state index is -0.208. The number of β-amino-alcohol motifs (C(OH)–C–C–N with tert-alkyl or cyclic N) is 1. The number of hydrogen-bond donors (Lipinski definition) is 2. The molecule has 1 aliphatic rings. The number of likely N-dealkylation sites (tertiary alicyclic amines) is 1. The van der Waals surface area contributed by atoms with Crippen molar-refractivity contribution in [1.82, 2.24) is 25.3 Å². The number of hydrogen-bond acceptors (Lipinski definition) is 12. The number of aliphatic hydroxyl groups excluding tert-OH is 1. The van der Waals surface area contributed by atoms with Crippen LogP contribution in [0.3, 0.4) is 0 Å². The Balaban J connectivity index is 1.15. The van der Waals surface area contributed by atoms with E-state index < -0.39 is 0 Å². The van der Waals surface area contributed by atoms with Crippen LogP contribution in [0.15, 0.2) is 71.5 Å². The van der Waals surface area contributed by atoms with E-state index >= 15 is 0 Å². The molecule has 54 heavy (non-hydrogen) atoms. The van der Waals surface area contributed by atoms with Gasteiger partial charge in [-0.3, -0.25) is 4.98 Å². The third-order valence-corrected chi connectivity index (χ3v) is 9.63. The zero-order chi connectivity index (χ0) is 37.9. The summed E-state index contributed by atoms with van der Waals surface area (Å²) in [5.74, 6) is 2.80. The van der Waals surface area contributed by atoms with E-state index in [1.807, 2.05) is 24.3 Å². The van der Waals surface area contributed by atoms with Crippen LogP contribution in [0.1, 0.15) is 57.9 Å². The van der Waals surface area contributed by atoms with Crippen molar-refractivity contribution in [3.63, 3.8) is 0 Å². The van der Waals surface area contributed by atoms with Crippen LogP contribution in [0.5, 0.6) is 17.2 Å². The lowest BCUT2D eigenvalue weighted by molar-refractivity contribution is 0.173. The number of pyridine rings is 1. The van der Waals surface area contributed by atoms with Crippen LogP contribution in [-0.4, -0.2) is 64.6 Å². The second-order valence-electron chi connectivity index (χ2n) is 13.3. The number of benzene rings is 3. The minimum Gasteiger partial charge on any atom is -0.493 e. The first-order valence-electron chi connectivity index (χ1n) is 18.0. The lowest BCUT2D eigenvalue weighted by Gasteiger charge is -2.19. The van der Waals surface area contributed by atoms with E-state index in [-0.39, 0.29) is 25.9 Å². The van der Waals surface area contributed by atoms with Crippen LogP contribution >= 0.6 is 11.6 Å². The summed E-state index contributed by atoms with van der Waals surface area (Å²) < 4.78 is 29.3. The number of nitrogens with one attached hydrogen (secondary N) is 1. The quantitative estimate of drug-likeness (QED) is 0.0918. The van der Waals surface area contributed by atoms with E-state index in [0.29, 0.717) is 53.5 Å². The lowest BCUT2D eigenvalue weighted by Crippen LogP contribution is -2.24. The molecule has 0 amide bonds. The first kappa shape index (κ1) is 38.7. The molecule has 2 N–H and O–H groups in total. The highest BCUT2D eigenvalue weighted by Gasteiger charge is 2.20. The van der Waals surface area contributed by atoms with Gasteiger partial charge in [0.15, 0.2) is 5.82 Å². The molecule has 0 aliphatic carbocycles. The van der Waals surface area contributed by atoms with Crippen LogP contribution in [0.25, 0.3) is 11.1 Å². The summed E-state index contributed by atoms with van der Waals surface area (Å²) in [4.78, 5) is 10.8. The van der Waals surface area contributed by atoms with Crippen molar-refractivity contribution < 1.29 is 28.6 Å². The Morgan fingerprint density at radius 3 is 2.56 bits per heavy atom. The van der Waals surface area contributed by atoms with Crippen LogP contribution in [0.2, 0.25) is 5.02 Å². The van der Waals surface area contributed by atoms with Crippen LogP contribution in [0, 0.1) is 25.2 Å². The van der Waals surface area contributed by atoms with Crippen molar-refractivity contribution in [3.8, 4) is 34.4 Å². The normalized spacial score (nSPS) is 14.3. The third kappa shape index (κ3) is 10.1. The van der Waals surface area contributed by atoms with E-state index in [4.69, 9.17) is 35.1 Å². The summed E-state index contributed by atoms with van der Waals surface area (Å²) in [6.45, 7) is 8.86. The summed E-state index contributed by atoms with van der Waals surface area (Å²) in [6.07, 6.45) is 4.71. The van der Waals surface area contributed by atoms with E-state index in [1.54, 1.807) is 25.4 Å². The number of nitrogens with zero attached hydrogens (tertiary/aromatic N) is 5. The zero-order valence-corrected chi connectivity index (χ0v) is 31.6. The summed E-state index contributed by atoms with van der Waals surface area (Å²) >= 11 is 6.82. The van der Waals surface area contributed by atoms with Crippen LogP contribution in [-0.2, 0) is 37.6 Å². The first-order valence-corrected chi connectivity index (χ1v) is 18.3. The molecule has 0 radical (unpaired) electrons. The molecule has 1 atom stereocenters. The number of halogens is 1. The largest absolute Gasteiger partial charge is 0.493 e. The van der Waals surface area contributed by atoms with Gasteiger partial charge in [-0.15, -0.1) is 0 Å². The fraction of sp³-hybridized carbons (Fsp3) is 0.366. The average molecular weight is 753 g/mol. The molecule has 0 bridgehead atoms. The fourth-order valence-electron chi connectivity index (χ4n) is 6.44. The fourth-order valence-corrected chi connectivity index (χ4v) is 6.68. The van der Waals surface area contributed by atoms with Gasteiger partial charge >= 0.3 is 0 Å². The maximum Gasteiger partial charge on any atom is 0.240 e. The first-order chi connectivity index (χ1) is 26.3. The molecule has 1 fully saturated rings. The Bertz CT molecular complexity index is 2070. The SMILES string of the molecule is COCc1noc(CNCc2cc(Cl)c(OCc3cccc(-c4cccc(OCCCN5CCC(O)C5)c4C)c3C)cc2OCc2cncc(C#N)c2)n1. The van der Waals surface area contributed by atoms with Crippen molar-refractivity contribution in [2.45, 2.75) is 65.7 Å². The summed E-state index contributed by atoms with van der Waals surface area (Å²) in [5, 5.41) is 26.8. The second-order valence-corrected chi connectivity index (χ2v) is 13.7. The molecule has 13 heteroatoms. The topological polar surface area (TPSA) is 148 Å². The molecule has 282 valence electrons. The number of methoxy groups -OCH3 is 1. The predicted molar refractivity (Wildman–Crippen MR) is 203 cm³/mol. The number of aromatic nitrogens is 3. The van der Waals surface area contributed by atoms with Crippen LogP contribution < -0.4 is 19.5 Å². The smallest absolute Gasteiger partial charge is 0.240 e. The molecule has 5 aromatic rings. The van der Waals surface area contributed by atoms with Crippen LogP contribution in [0.4, 0.5) is 0 Å². The number of ether oxygens (including phenoxy) is 4. The molecular formula is C41H45ClN6O6. The highest BCUT2D eigenvalue weighted by Crippen LogP contribution is 2.36. The van der Waals surface area contributed by atoms with Gasteiger partial charge in [-0.2, -0.15) is 10.2 Å². The van der Waals surface area contributed by atoms with E-state index in [1.165, 1.54) is 6.20 Å². The zero-order valence-electron chi connectivity index (χ0n) is 30.8. The highest BCUT2D eigenvalue weighted by atomic mass is 35.5. The lowest BCUT2D eigenvalue weighted by atomic mass is 9.93. The van der Waals surface area contributed by atoms with Gasteiger partial charge in [-0.25, -0.2) is 0 Å². The van der Waals surface area contributed by atoms with Crippen molar-refractivity contribution in [1.29, 1.82) is 5.26 Å². The molecule has 1 aliphatic heterocycles. The Kier molecular flexibility index (Phi) is 13.5. The summed E-state index contributed by atoms with van der Waals surface area (Å²) in [7, 11) is 1.57. The number of rotatable bonds is 18. The molecule has 2 aromatic heterocycles. The van der Waals surface area contributed by atoms with Crippen molar-refractivity contribution in [2.75, 3.05) is 33.4 Å². The highest BCUT2D eigenvalue weighted by molar-refractivity contribution is 6.32. The van der Waals surface area contributed by atoms with Gasteiger partial charge in [0, 0.05) is 62.9 Å². The van der Waals surface area contributed by atoms with Gasteiger partial charge < -0.3 is 38.8 Å². The molecule has 0 spiro atoms. The van der Waals surface area contributed by atoms with Crippen molar-refractivity contribution >= 4 is 11.6 Å². The Morgan fingerprint density at radius 2 is 1.76 bits per heavy atom. The van der Waals surface area contributed by atoms with Gasteiger partial charge in [-0.05, 0) is 72.7 Å². The Hall–Kier alpha value is -5.03. The Labute approximate surface area is 320 Å². The van der Waals surface area contributed by atoms with Gasteiger partial charge in [0.05, 0.1) is 29.8 Å². The monoisotopic (exact) mass is 752 g/mol.